The highest BCUT2D eigenvalue weighted by molar-refractivity contribution is 7.12. The van der Waals surface area contributed by atoms with Crippen molar-refractivity contribution in [3.63, 3.8) is 0 Å². The van der Waals surface area contributed by atoms with Gasteiger partial charge in [-0.2, -0.15) is 0 Å². The molecule has 2 heterocycles. The van der Waals surface area contributed by atoms with Crippen LogP contribution in [0.1, 0.15) is 43.8 Å². The number of carbonyl (C=O) groups is 1. The summed E-state index contributed by atoms with van der Waals surface area (Å²) in [7, 11) is 3.48. The SMILES string of the molecule is COC(=O)c1cc(CN(C)C(C)c2nc(C)sc2C)cs1. The molecule has 0 bridgehead atoms. The van der Waals surface area contributed by atoms with Crippen molar-refractivity contribution < 1.29 is 9.53 Å². The number of aromatic nitrogens is 1. The minimum atomic E-state index is -0.270. The molecule has 0 spiro atoms. The molecule has 0 aliphatic heterocycles. The van der Waals surface area contributed by atoms with Crippen LogP contribution in [0.5, 0.6) is 0 Å². The maximum absolute atomic E-state index is 11.5. The number of esters is 1. The van der Waals surface area contributed by atoms with E-state index in [0.717, 1.165) is 22.8 Å². The zero-order chi connectivity index (χ0) is 15.6. The van der Waals surface area contributed by atoms with Gasteiger partial charge in [-0.1, -0.05) is 0 Å². The second kappa shape index (κ2) is 6.68. The lowest BCUT2D eigenvalue weighted by Crippen LogP contribution is -2.22. The van der Waals surface area contributed by atoms with Crippen LogP contribution in [0.2, 0.25) is 0 Å². The van der Waals surface area contributed by atoms with Crippen molar-refractivity contribution in [2.75, 3.05) is 14.2 Å². The third kappa shape index (κ3) is 3.70. The van der Waals surface area contributed by atoms with Gasteiger partial charge < -0.3 is 4.74 Å². The molecule has 21 heavy (non-hydrogen) atoms. The van der Waals surface area contributed by atoms with Crippen molar-refractivity contribution in [2.45, 2.75) is 33.4 Å². The van der Waals surface area contributed by atoms with E-state index >= 15 is 0 Å². The molecule has 2 rings (SSSR count). The van der Waals surface area contributed by atoms with E-state index in [1.54, 1.807) is 11.3 Å². The van der Waals surface area contributed by atoms with Crippen LogP contribution in [0.15, 0.2) is 11.4 Å². The summed E-state index contributed by atoms with van der Waals surface area (Å²) in [5, 5.41) is 3.11. The molecule has 0 aliphatic carbocycles. The van der Waals surface area contributed by atoms with Gasteiger partial charge in [-0.25, -0.2) is 9.78 Å². The van der Waals surface area contributed by atoms with E-state index in [1.807, 2.05) is 18.4 Å². The third-order valence-corrected chi connectivity index (χ3v) is 5.33. The van der Waals surface area contributed by atoms with Gasteiger partial charge in [-0.3, -0.25) is 4.90 Å². The molecule has 0 fully saturated rings. The Kier molecular flexibility index (Phi) is 5.13. The highest BCUT2D eigenvalue weighted by atomic mass is 32.1. The largest absolute Gasteiger partial charge is 0.465 e. The average Bonchev–Trinajstić information content (AvgIpc) is 3.03. The number of nitrogens with zero attached hydrogens (tertiary/aromatic N) is 2. The Balaban J connectivity index is 2.07. The number of thiophene rings is 1. The Hall–Kier alpha value is -1.24. The summed E-state index contributed by atoms with van der Waals surface area (Å²) in [6, 6.07) is 2.15. The first-order valence-corrected chi connectivity index (χ1v) is 8.42. The van der Waals surface area contributed by atoms with E-state index in [2.05, 4.69) is 30.8 Å². The molecule has 2 aromatic heterocycles. The van der Waals surface area contributed by atoms with E-state index in [9.17, 15) is 4.79 Å². The summed E-state index contributed by atoms with van der Waals surface area (Å²) in [4.78, 5) is 20.3. The number of hydrogen-bond donors (Lipinski definition) is 0. The molecule has 2 aromatic rings. The molecule has 6 heteroatoms. The number of carbonyl (C=O) groups excluding carboxylic acids is 1. The fraction of sp³-hybridized carbons (Fsp3) is 0.467. The van der Waals surface area contributed by atoms with Gasteiger partial charge in [0.25, 0.3) is 0 Å². The normalized spacial score (nSPS) is 12.7. The van der Waals surface area contributed by atoms with Gasteiger partial charge in [0, 0.05) is 11.4 Å². The lowest BCUT2D eigenvalue weighted by atomic mass is 10.1. The number of thiazole rings is 1. The first-order chi connectivity index (χ1) is 9.92. The number of hydrogen-bond acceptors (Lipinski definition) is 6. The highest BCUT2D eigenvalue weighted by Crippen LogP contribution is 2.27. The monoisotopic (exact) mass is 324 g/mol. The highest BCUT2D eigenvalue weighted by Gasteiger charge is 2.18. The molecule has 0 aromatic carbocycles. The molecule has 0 amide bonds. The van der Waals surface area contributed by atoms with Crippen LogP contribution < -0.4 is 0 Å². The lowest BCUT2D eigenvalue weighted by Gasteiger charge is -2.23. The first-order valence-electron chi connectivity index (χ1n) is 6.72. The average molecular weight is 324 g/mol. The van der Waals surface area contributed by atoms with Crippen LogP contribution in [0.25, 0.3) is 0 Å². The van der Waals surface area contributed by atoms with Crippen LogP contribution >= 0.6 is 22.7 Å². The smallest absolute Gasteiger partial charge is 0.348 e. The van der Waals surface area contributed by atoms with Crippen molar-refractivity contribution >= 4 is 28.6 Å². The van der Waals surface area contributed by atoms with Gasteiger partial charge in [0.15, 0.2) is 0 Å². The molecular weight excluding hydrogens is 304 g/mol. The summed E-state index contributed by atoms with van der Waals surface area (Å²) in [6.07, 6.45) is 0. The zero-order valence-electron chi connectivity index (χ0n) is 13.0. The standard InChI is InChI=1S/C15H20N2O2S2/c1-9(14-10(2)21-11(3)16-14)17(4)7-12-6-13(20-8-12)15(18)19-5/h6,8-9H,7H2,1-5H3. The minimum absolute atomic E-state index is 0.247. The molecule has 0 radical (unpaired) electrons. The summed E-state index contributed by atoms with van der Waals surface area (Å²) in [6.45, 7) is 7.10. The molecule has 0 saturated heterocycles. The third-order valence-electron chi connectivity index (χ3n) is 3.47. The number of ether oxygens (including phenoxy) is 1. The van der Waals surface area contributed by atoms with Crippen molar-refractivity contribution in [2.24, 2.45) is 0 Å². The fourth-order valence-electron chi connectivity index (χ4n) is 2.23. The van der Waals surface area contributed by atoms with E-state index in [-0.39, 0.29) is 12.0 Å². The number of rotatable bonds is 5. The second-order valence-corrected chi connectivity index (χ2v) is 7.39. The summed E-state index contributed by atoms with van der Waals surface area (Å²) >= 11 is 3.16. The summed E-state index contributed by atoms with van der Waals surface area (Å²) < 4.78 is 4.74. The zero-order valence-corrected chi connectivity index (χ0v) is 14.6. The molecule has 1 unspecified atom stereocenters. The van der Waals surface area contributed by atoms with Crippen LogP contribution in [0.4, 0.5) is 0 Å². The molecule has 0 saturated carbocycles. The Morgan fingerprint density at radius 3 is 2.76 bits per heavy atom. The fourth-order valence-corrected chi connectivity index (χ4v) is 3.96. The van der Waals surface area contributed by atoms with Crippen LogP contribution in [-0.4, -0.2) is 30.0 Å². The Morgan fingerprint density at radius 1 is 1.48 bits per heavy atom. The van der Waals surface area contributed by atoms with Crippen molar-refractivity contribution in [1.29, 1.82) is 0 Å². The Labute approximate surface area is 133 Å². The molecular formula is C15H20N2O2S2. The van der Waals surface area contributed by atoms with E-state index < -0.39 is 0 Å². The van der Waals surface area contributed by atoms with Gasteiger partial charge in [-0.05, 0) is 44.8 Å². The molecule has 0 N–H and O–H groups in total. The number of aryl methyl sites for hydroxylation is 2. The van der Waals surface area contributed by atoms with Gasteiger partial charge in [0.05, 0.1) is 23.9 Å². The van der Waals surface area contributed by atoms with E-state index in [1.165, 1.54) is 23.3 Å². The van der Waals surface area contributed by atoms with Gasteiger partial charge in [0.1, 0.15) is 4.88 Å². The van der Waals surface area contributed by atoms with Crippen molar-refractivity contribution in [1.82, 2.24) is 9.88 Å². The number of methoxy groups -OCH3 is 1. The first kappa shape index (κ1) is 16.1. The maximum Gasteiger partial charge on any atom is 0.348 e. The topological polar surface area (TPSA) is 42.4 Å². The predicted octanol–water partition coefficient (Wildman–Crippen LogP) is 3.80. The van der Waals surface area contributed by atoms with Gasteiger partial charge >= 0.3 is 5.97 Å². The molecule has 114 valence electrons. The Morgan fingerprint density at radius 2 is 2.19 bits per heavy atom. The van der Waals surface area contributed by atoms with Crippen molar-refractivity contribution in [3.05, 3.63) is 37.5 Å². The lowest BCUT2D eigenvalue weighted by molar-refractivity contribution is 0.0606. The van der Waals surface area contributed by atoms with Crippen LogP contribution in [0, 0.1) is 13.8 Å². The molecule has 1 atom stereocenters. The van der Waals surface area contributed by atoms with Gasteiger partial charge in [-0.15, -0.1) is 22.7 Å². The van der Waals surface area contributed by atoms with Gasteiger partial charge in [0.2, 0.25) is 0 Å². The summed E-state index contributed by atoms with van der Waals surface area (Å²) in [5.74, 6) is -0.270. The van der Waals surface area contributed by atoms with E-state index in [4.69, 9.17) is 4.74 Å². The molecule has 4 nitrogen and oxygen atoms in total. The predicted molar refractivity (Wildman–Crippen MR) is 87.1 cm³/mol. The van der Waals surface area contributed by atoms with Crippen LogP contribution in [-0.2, 0) is 11.3 Å². The van der Waals surface area contributed by atoms with Crippen molar-refractivity contribution in [3.8, 4) is 0 Å². The van der Waals surface area contributed by atoms with E-state index in [0.29, 0.717) is 4.88 Å². The quantitative estimate of drug-likeness (QED) is 0.785. The summed E-state index contributed by atoms with van der Waals surface area (Å²) in [5.41, 5.74) is 2.27. The Bertz CT molecular complexity index is 633. The molecule has 0 aliphatic rings. The maximum atomic E-state index is 11.5. The minimum Gasteiger partial charge on any atom is -0.465 e. The second-order valence-electron chi connectivity index (χ2n) is 5.08. The van der Waals surface area contributed by atoms with Crippen LogP contribution in [0.3, 0.4) is 0 Å².